The zero-order chi connectivity index (χ0) is 24.7. The predicted molar refractivity (Wildman–Crippen MR) is 123 cm³/mol. The van der Waals surface area contributed by atoms with Gasteiger partial charge in [0.1, 0.15) is 18.9 Å². The number of imidazole rings is 1. The van der Waals surface area contributed by atoms with Crippen molar-refractivity contribution in [2.45, 2.75) is 45.6 Å². The van der Waals surface area contributed by atoms with E-state index in [0.717, 1.165) is 5.56 Å². The highest BCUT2D eigenvalue weighted by Gasteiger charge is 2.44. The number of rotatable bonds is 11. The third-order valence-electron chi connectivity index (χ3n) is 5.74. The lowest BCUT2D eigenvalue weighted by Gasteiger charge is -2.35. The number of aromatic amines is 1. The smallest absolute Gasteiger partial charge is 0.408 e. The molecule has 1 amide bonds. The van der Waals surface area contributed by atoms with E-state index in [1.165, 1.54) is 10.9 Å². The van der Waals surface area contributed by atoms with Gasteiger partial charge in [-0.05, 0) is 11.5 Å². The number of amides is 1. The first-order valence-electron chi connectivity index (χ1n) is 10.8. The van der Waals surface area contributed by atoms with Crippen molar-refractivity contribution in [1.82, 2.24) is 24.8 Å². The zero-order valence-electron chi connectivity index (χ0n) is 19.0. The fourth-order valence-corrected chi connectivity index (χ4v) is 3.55. The van der Waals surface area contributed by atoms with Crippen LogP contribution < -0.4 is 16.6 Å². The molecule has 2 heterocycles. The fourth-order valence-electron chi connectivity index (χ4n) is 3.55. The number of carboxylic acid groups (broad SMARTS) is 1. The molecule has 3 aromatic rings. The molecule has 0 aliphatic rings. The van der Waals surface area contributed by atoms with Crippen LogP contribution in [0.5, 0.6) is 0 Å². The van der Waals surface area contributed by atoms with Crippen LogP contribution in [0.3, 0.4) is 0 Å². The van der Waals surface area contributed by atoms with Crippen LogP contribution in [-0.4, -0.2) is 48.8 Å². The highest BCUT2D eigenvalue weighted by atomic mass is 16.5. The lowest BCUT2D eigenvalue weighted by molar-refractivity contribution is -0.148. The van der Waals surface area contributed by atoms with Gasteiger partial charge in [0, 0.05) is 6.42 Å². The minimum absolute atomic E-state index is 0.00600. The Kier molecular flexibility index (Phi) is 7.84. The van der Waals surface area contributed by atoms with E-state index in [-0.39, 0.29) is 43.5 Å². The van der Waals surface area contributed by atoms with Crippen LogP contribution in [0.25, 0.3) is 11.2 Å². The number of hydrogen-bond acceptors (Lipinski definition) is 8. The topological polar surface area (TPSA) is 174 Å². The summed E-state index contributed by atoms with van der Waals surface area (Å²) in [6.07, 6.45) is 1.04. The number of nitrogens with zero attached hydrogens (tertiary/aromatic N) is 3. The number of carbonyl (C=O) groups is 2. The molecule has 2 aromatic heterocycles. The molecule has 0 saturated heterocycles. The summed E-state index contributed by atoms with van der Waals surface area (Å²) in [7, 11) is 0. The Morgan fingerprint density at radius 3 is 2.74 bits per heavy atom. The number of H-pyrrole nitrogens is 1. The Hall–Kier alpha value is -3.93. The van der Waals surface area contributed by atoms with Crippen LogP contribution in [0.1, 0.15) is 32.3 Å². The molecule has 0 bridgehead atoms. The predicted octanol–water partition coefficient (Wildman–Crippen LogP) is 1.86. The third-order valence-corrected chi connectivity index (χ3v) is 5.74. The number of anilines is 1. The Morgan fingerprint density at radius 2 is 2.06 bits per heavy atom. The molecule has 0 fully saturated rings. The van der Waals surface area contributed by atoms with Crippen LogP contribution in [0.15, 0.2) is 41.5 Å². The SMILES string of the molecule is CC[C@H](C)[C@](CCOCn1cnc2c(=O)[nH]c(N)nc21)(NC(=O)OCc1ccccc1)C(=O)O. The number of hydrogen-bond donors (Lipinski definition) is 4. The molecule has 12 nitrogen and oxygen atoms in total. The van der Waals surface area contributed by atoms with E-state index in [2.05, 4.69) is 20.3 Å². The minimum Gasteiger partial charge on any atom is -0.479 e. The summed E-state index contributed by atoms with van der Waals surface area (Å²) in [6, 6.07) is 9.08. The van der Waals surface area contributed by atoms with Crippen molar-refractivity contribution >= 4 is 29.2 Å². The quantitative estimate of drug-likeness (QED) is 0.304. The van der Waals surface area contributed by atoms with Gasteiger partial charge < -0.3 is 25.6 Å². The maximum absolute atomic E-state index is 12.5. The van der Waals surface area contributed by atoms with Gasteiger partial charge in [0.15, 0.2) is 11.2 Å². The van der Waals surface area contributed by atoms with Gasteiger partial charge in [-0.1, -0.05) is 50.6 Å². The molecule has 3 rings (SSSR count). The van der Waals surface area contributed by atoms with Gasteiger partial charge in [-0.15, -0.1) is 0 Å². The van der Waals surface area contributed by atoms with E-state index >= 15 is 0 Å². The summed E-state index contributed by atoms with van der Waals surface area (Å²) < 4.78 is 12.4. The number of fused-ring (bicyclic) bond motifs is 1. The number of nitrogens with two attached hydrogens (primary N) is 1. The van der Waals surface area contributed by atoms with Gasteiger partial charge in [0.2, 0.25) is 5.95 Å². The van der Waals surface area contributed by atoms with Crippen LogP contribution >= 0.6 is 0 Å². The summed E-state index contributed by atoms with van der Waals surface area (Å²) in [5.41, 5.74) is 4.66. The first-order valence-corrected chi connectivity index (χ1v) is 10.8. The van der Waals surface area contributed by atoms with Gasteiger partial charge >= 0.3 is 12.1 Å². The van der Waals surface area contributed by atoms with Crippen LogP contribution in [0, 0.1) is 5.92 Å². The first kappa shape index (κ1) is 24.7. The molecule has 0 radical (unpaired) electrons. The molecule has 0 aliphatic carbocycles. The molecular formula is C22H28N6O6. The zero-order valence-corrected chi connectivity index (χ0v) is 19.0. The number of aromatic nitrogens is 4. The third kappa shape index (κ3) is 5.52. The molecule has 0 spiro atoms. The Balaban J connectivity index is 1.65. The molecule has 1 aromatic carbocycles. The Labute approximate surface area is 195 Å². The monoisotopic (exact) mass is 472 g/mol. The van der Waals surface area contributed by atoms with E-state index in [4.69, 9.17) is 15.2 Å². The number of carboxylic acids is 1. The number of carbonyl (C=O) groups excluding carboxylic acids is 1. The molecule has 2 atom stereocenters. The summed E-state index contributed by atoms with van der Waals surface area (Å²) in [5, 5.41) is 12.6. The van der Waals surface area contributed by atoms with Crippen molar-refractivity contribution in [3.05, 3.63) is 52.6 Å². The maximum Gasteiger partial charge on any atom is 0.408 e. The lowest BCUT2D eigenvalue weighted by atomic mass is 9.80. The van der Waals surface area contributed by atoms with Gasteiger partial charge in [-0.25, -0.2) is 14.6 Å². The highest BCUT2D eigenvalue weighted by molar-refractivity contribution is 5.84. The van der Waals surface area contributed by atoms with Crippen LogP contribution in [0.2, 0.25) is 0 Å². The van der Waals surface area contributed by atoms with Crippen LogP contribution in [0.4, 0.5) is 10.7 Å². The molecule has 34 heavy (non-hydrogen) atoms. The second kappa shape index (κ2) is 10.8. The maximum atomic E-state index is 12.5. The number of nitrogens with one attached hydrogen (secondary N) is 2. The lowest BCUT2D eigenvalue weighted by Crippen LogP contribution is -2.59. The Morgan fingerprint density at radius 1 is 1.32 bits per heavy atom. The summed E-state index contributed by atoms with van der Waals surface area (Å²) >= 11 is 0. The van der Waals surface area contributed by atoms with E-state index in [0.29, 0.717) is 6.42 Å². The minimum atomic E-state index is -1.60. The molecule has 0 aliphatic heterocycles. The molecule has 12 heteroatoms. The Bertz CT molecular complexity index is 1190. The van der Waals surface area contributed by atoms with Crippen molar-refractivity contribution in [3.63, 3.8) is 0 Å². The number of aliphatic carboxylic acids is 1. The number of nitrogen functional groups attached to an aromatic ring is 1. The van der Waals surface area contributed by atoms with Gasteiger partial charge in [-0.2, -0.15) is 4.98 Å². The van der Waals surface area contributed by atoms with Gasteiger partial charge in [-0.3, -0.25) is 14.3 Å². The number of alkyl carbamates (subject to hydrolysis) is 1. The van der Waals surface area contributed by atoms with E-state index in [9.17, 15) is 19.5 Å². The second-order valence-corrected chi connectivity index (χ2v) is 7.90. The standard InChI is InChI=1S/C22H28N6O6/c1-3-14(2)22(19(30)31,27-21(32)34-11-15-7-5-4-6-8-15)9-10-33-13-28-12-24-16-17(28)25-20(23)26-18(16)29/h4-8,12,14H,3,9-11,13H2,1-2H3,(H,27,32)(H,30,31)(H3,23,25,26,29)/t14-,22-/m0/s1. The summed E-state index contributed by atoms with van der Waals surface area (Å²) in [4.78, 5) is 47.1. The average molecular weight is 473 g/mol. The van der Waals surface area contributed by atoms with Crippen molar-refractivity contribution in [3.8, 4) is 0 Å². The second-order valence-electron chi connectivity index (χ2n) is 7.90. The summed E-state index contributed by atoms with van der Waals surface area (Å²) in [6.45, 7) is 3.55. The fraction of sp³-hybridized carbons (Fsp3) is 0.409. The van der Waals surface area contributed by atoms with Gasteiger partial charge in [0.05, 0.1) is 12.9 Å². The van der Waals surface area contributed by atoms with Gasteiger partial charge in [0.25, 0.3) is 5.56 Å². The normalized spacial score (nSPS) is 13.8. The van der Waals surface area contributed by atoms with E-state index in [1.54, 1.807) is 19.1 Å². The van der Waals surface area contributed by atoms with Crippen molar-refractivity contribution in [2.24, 2.45) is 5.92 Å². The highest BCUT2D eigenvalue weighted by Crippen LogP contribution is 2.26. The molecular weight excluding hydrogens is 444 g/mol. The molecule has 182 valence electrons. The number of ether oxygens (including phenoxy) is 2. The van der Waals surface area contributed by atoms with E-state index in [1.807, 2.05) is 25.1 Å². The first-order chi connectivity index (χ1) is 16.3. The molecule has 5 N–H and O–H groups in total. The van der Waals surface area contributed by atoms with Crippen molar-refractivity contribution in [1.29, 1.82) is 0 Å². The number of benzene rings is 1. The molecule has 0 unspecified atom stereocenters. The van der Waals surface area contributed by atoms with Crippen molar-refractivity contribution < 1.29 is 24.2 Å². The summed E-state index contributed by atoms with van der Waals surface area (Å²) in [5.74, 6) is -1.65. The van der Waals surface area contributed by atoms with Crippen molar-refractivity contribution in [2.75, 3.05) is 12.3 Å². The average Bonchev–Trinajstić information content (AvgIpc) is 3.22. The van der Waals surface area contributed by atoms with Crippen LogP contribution in [-0.2, 0) is 27.6 Å². The van der Waals surface area contributed by atoms with E-state index < -0.39 is 29.1 Å². The largest absolute Gasteiger partial charge is 0.479 e. The molecule has 0 saturated carbocycles.